The first-order chi connectivity index (χ1) is 13.2. The number of aryl methyl sites for hydroxylation is 1. The summed E-state index contributed by atoms with van der Waals surface area (Å²) < 4.78 is 2.15. The molecule has 0 saturated heterocycles. The molecule has 5 rings (SSSR count). The summed E-state index contributed by atoms with van der Waals surface area (Å²) in [6, 6.07) is 8.40. The second-order valence-corrected chi connectivity index (χ2v) is 7.58. The molecule has 0 atom stereocenters. The second kappa shape index (κ2) is 6.39. The van der Waals surface area contributed by atoms with Gasteiger partial charge in [0.15, 0.2) is 0 Å². The maximum atomic E-state index is 4.80. The van der Waals surface area contributed by atoms with Crippen LogP contribution in [-0.4, -0.2) is 33.1 Å². The lowest BCUT2D eigenvalue weighted by molar-refractivity contribution is 0.374. The van der Waals surface area contributed by atoms with Crippen LogP contribution in [0.2, 0.25) is 0 Å². The molecule has 27 heavy (non-hydrogen) atoms. The number of hydrazine groups is 1. The van der Waals surface area contributed by atoms with Crippen molar-refractivity contribution in [2.24, 2.45) is 7.05 Å². The Morgan fingerprint density at radius 1 is 1.15 bits per heavy atom. The van der Waals surface area contributed by atoms with Gasteiger partial charge < -0.3 is 14.9 Å². The van der Waals surface area contributed by atoms with Gasteiger partial charge in [-0.05, 0) is 54.2 Å². The van der Waals surface area contributed by atoms with E-state index >= 15 is 0 Å². The monoisotopic (exact) mass is 360 g/mol. The Morgan fingerprint density at radius 2 is 2.04 bits per heavy atom. The van der Waals surface area contributed by atoms with Crippen molar-refractivity contribution in [3.8, 4) is 0 Å². The SMILES string of the molecule is CN1C=C(c2cnc3ccc(Nc4cc(C5CCC5)cn4C)nc3c2)CN1. The van der Waals surface area contributed by atoms with Crippen molar-refractivity contribution < 1.29 is 0 Å². The molecule has 0 radical (unpaired) electrons. The van der Waals surface area contributed by atoms with E-state index in [1.807, 2.05) is 30.4 Å². The summed E-state index contributed by atoms with van der Waals surface area (Å²) in [5, 5.41) is 5.44. The molecule has 0 spiro atoms. The van der Waals surface area contributed by atoms with Crippen molar-refractivity contribution in [2.75, 3.05) is 18.9 Å². The minimum absolute atomic E-state index is 0.731. The molecule has 1 saturated carbocycles. The molecule has 3 aromatic rings. The van der Waals surface area contributed by atoms with Crippen LogP contribution in [0.4, 0.5) is 11.6 Å². The fourth-order valence-electron chi connectivity index (χ4n) is 3.77. The molecule has 6 heteroatoms. The number of hydrogen-bond donors (Lipinski definition) is 2. The van der Waals surface area contributed by atoms with Crippen LogP contribution in [0.25, 0.3) is 16.6 Å². The second-order valence-electron chi connectivity index (χ2n) is 7.58. The normalized spacial score (nSPS) is 17.3. The number of nitrogens with zero attached hydrogens (tertiary/aromatic N) is 4. The number of nitrogens with one attached hydrogen (secondary N) is 2. The number of anilines is 2. The summed E-state index contributed by atoms with van der Waals surface area (Å²) in [5.41, 5.74) is 8.84. The van der Waals surface area contributed by atoms with E-state index in [4.69, 9.17) is 4.98 Å². The van der Waals surface area contributed by atoms with Crippen molar-refractivity contribution in [2.45, 2.75) is 25.2 Å². The van der Waals surface area contributed by atoms with Crippen LogP contribution in [0.5, 0.6) is 0 Å². The van der Waals surface area contributed by atoms with Gasteiger partial charge in [0.2, 0.25) is 0 Å². The third kappa shape index (κ3) is 3.06. The Hall–Kier alpha value is -2.86. The van der Waals surface area contributed by atoms with Gasteiger partial charge >= 0.3 is 0 Å². The molecule has 1 fully saturated rings. The predicted molar refractivity (Wildman–Crippen MR) is 109 cm³/mol. The first-order valence-corrected chi connectivity index (χ1v) is 9.53. The molecular weight excluding hydrogens is 336 g/mol. The lowest BCUT2D eigenvalue weighted by Crippen LogP contribution is -2.23. The molecule has 2 aliphatic rings. The van der Waals surface area contributed by atoms with Gasteiger partial charge in [-0.15, -0.1) is 0 Å². The largest absolute Gasteiger partial charge is 0.337 e. The van der Waals surface area contributed by atoms with Crippen LogP contribution < -0.4 is 10.7 Å². The molecule has 3 aromatic heterocycles. The smallest absolute Gasteiger partial charge is 0.132 e. The van der Waals surface area contributed by atoms with E-state index in [2.05, 4.69) is 51.9 Å². The van der Waals surface area contributed by atoms with Crippen LogP contribution in [0.1, 0.15) is 36.3 Å². The van der Waals surface area contributed by atoms with Crippen LogP contribution in [-0.2, 0) is 7.05 Å². The molecule has 1 aliphatic heterocycles. The highest BCUT2D eigenvalue weighted by molar-refractivity contribution is 5.81. The highest BCUT2D eigenvalue weighted by Crippen LogP contribution is 2.38. The van der Waals surface area contributed by atoms with Crippen LogP contribution in [0.3, 0.4) is 0 Å². The van der Waals surface area contributed by atoms with E-state index in [-0.39, 0.29) is 0 Å². The van der Waals surface area contributed by atoms with Crippen molar-refractivity contribution in [3.05, 3.63) is 54.0 Å². The quantitative estimate of drug-likeness (QED) is 0.742. The average Bonchev–Trinajstić information content (AvgIpc) is 3.19. The Labute approximate surface area is 158 Å². The molecule has 0 amide bonds. The zero-order chi connectivity index (χ0) is 18.4. The van der Waals surface area contributed by atoms with Gasteiger partial charge in [-0.3, -0.25) is 4.98 Å². The van der Waals surface area contributed by atoms with Gasteiger partial charge in [-0.25, -0.2) is 10.4 Å². The fraction of sp³-hybridized carbons (Fsp3) is 0.333. The standard InChI is InChI=1S/C21H24N6/c1-26-12-16(14-4-3-5-14)9-21(26)25-20-7-6-18-19(24-20)8-15(10-22-18)17-11-23-27(2)13-17/h6-10,12-14,23H,3-5,11H2,1-2H3,(H,24,25). The minimum atomic E-state index is 0.731. The van der Waals surface area contributed by atoms with Gasteiger partial charge in [-0.2, -0.15) is 0 Å². The number of fused-ring (bicyclic) bond motifs is 1. The molecule has 0 aromatic carbocycles. The molecule has 4 heterocycles. The van der Waals surface area contributed by atoms with Crippen molar-refractivity contribution in [1.82, 2.24) is 25.0 Å². The molecule has 6 nitrogen and oxygen atoms in total. The summed E-state index contributed by atoms with van der Waals surface area (Å²) >= 11 is 0. The van der Waals surface area contributed by atoms with Crippen molar-refractivity contribution in [3.63, 3.8) is 0 Å². The molecule has 2 N–H and O–H groups in total. The lowest BCUT2D eigenvalue weighted by atomic mass is 9.81. The fourth-order valence-corrected chi connectivity index (χ4v) is 3.77. The van der Waals surface area contributed by atoms with Crippen LogP contribution in [0.15, 0.2) is 42.9 Å². The summed E-state index contributed by atoms with van der Waals surface area (Å²) in [6.07, 6.45) is 10.2. The van der Waals surface area contributed by atoms with Crippen LogP contribution >= 0.6 is 0 Å². The zero-order valence-electron chi connectivity index (χ0n) is 15.7. The lowest BCUT2D eigenvalue weighted by Gasteiger charge is -2.24. The third-order valence-electron chi connectivity index (χ3n) is 5.64. The highest BCUT2D eigenvalue weighted by Gasteiger charge is 2.21. The van der Waals surface area contributed by atoms with Gasteiger partial charge in [0.1, 0.15) is 11.6 Å². The van der Waals surface area contributed by atoms with Crippen molar-refractivity contribution in [1.29, 1.82) is 0 Å². The summed E-state index contributed by atoms with van der Waals surface area (Å²) in [6.45, 7) is 0.814. The van der Waals surface area contributed by atoms with Gasteiger partial charge in [0, 0.05) is 44.8 Å². The van der Waals surface area contributed by atoms with Crippen LogP contribution in [0, 0.1) is 0 Å². The zero-order valence-corrected chi connectivity index (χ0v) is 15.7. The number of hydrogen-bond acceptors (Lipinski definition) is 5. The maximum Gasteiger partial charge on any atom is 0.132 e. The third-order valence-corrected chi connectivity index (χ3v) is 5.64. The van der Waals surface area contributed by atoms with E-state index in [0.29, 0.717) is 0 Å². The van der Waals surface area contributed by atoms with Crippen molar-refractivity contribution >= 4 is 28.2 Å². The first kappa shape index (κ1) is 16.3. The number of rotatable bonds is 4. The van der Waals surface area contributed by atoms with E-state index in [1.165, 1.54) is 30.4 Å². The van der Waals surface area contributed by atoms with Gasteiger partial charge in [0.25, 0.3) is 0 Å². The highest BCUT2D eigenvalue weighted by atomic mass is 15.5. The average molecular weight is 360 g/mol. The molecule has 1 aliphatic carbocycles. The van der Waals surface area contributed by atoms with E-state index in [1.54, 1.807) is 0 Å². The molecule has 0 unspecified atom stereocenters. The number of aromatic nitrogens is 3. The first-order valence-electron chi connectivity index (χ1n) is 9.53. The minimum Gasteiger partial charge on any atom is -0.337 e. The molecule has 138 valence electrons. The molecule has 0 bridgehead atoms. The summed E-state index contributed by atoms with van der Waals surface area (Å²) in [4.78, 5) is 9.38. The Balaban J connectivity index is 1.43. The van der Waals surface area contributed by atoms with Gasteiger partial charge in [-0.1, -0.05) is 6.42 Å². The Bertz CT molecular complexity index is 1030. The van der Waals surface area contributed by atoms with E-state index < -0.39 is 0 Å². The summed E-state index contributed by atoms with van der Waals surface area (Å²) in [5.74, 6) is 2.66. The van der Waals surface area contributed by atoms with E-state index in [9.17, 15) is 0 Å². The summed E-state index contributed by atoms with van der Waals surface area (Å²) in [7, 11) is 4.08. The maximum absolute atomic E-state index is 4.80. The van der Waals surface area contributed by atoms with E-state index in [0.717, 1.165) is 40.7 Å². The Morgan fingerprint density at radius 3 is 2.78 bits per heavy atom. The number of pyridine rings is 2. The predicted octanol–water partition coefficient (Wildman–Crippen LogP) is 3.77. The molecular formula is C21H24N6. The Kier molecular flexibility index (Phi) is 3.86. The van der Waals surface area contributed by atoms with Gasteiger partial charge in [0.05, 0.1) is 11.0 Å². The topological polar surface area (TPSA) is 58.0 Å².